The summed E-state index contributed by atoms with van der Waals surface area (Å²) in [5.41, 5.74) is 6.66. The molecule has 0 aliphatic heterocycles. The number of carbonyl (C=O) groups excluding carboxylic acids is 1. The topological polar surface area (TPSA) is 97.5 Å². The van der Waals surface area contributed by atoms with Crippen LogP contribution in [0.3, 0.4) is 0 Å². The lowest BCUT2D eigenvalue weighted by molar-refractivity contribution is -0.107. The maximum absolute atomic E-state index is 10.1. The highest BCUT2D eigenvalue weighted by atomic mass is 16.1. The fourth-order valence-corrected chi connectivity index (χ4v) is 1.15. The highest BCUT2D eigenvalue weighted by Crippen LogP contribution is 2.17. The van der Waals surface area contributed by atoms with Gasteiger partial charge in [-0.2, -0.15) is 5.10 Å². The predicted molar refractivity (Wildman–Crippen MR) is 53.7 cm³/mol. The molecule has 6 heteroatoms. The van der Waals surface area contributed by atoms with Crippen molar-refractivity contribution in [1.29, 1.82) is 0 Å². The van der Waals surface area contributed by atoms with E-state index in [1.807, 2.05) is 0 Å². The van der Waals surface area contributed by atoms with Crippen LogP contribution in [0.15, 0.2) is 6.33 Å². The summed E-state index contributed by atoms with van der Waals surface area (Å²) in [6, 6.07) is 0. The Labute approximate surface area is 84.9 Å². The van der Waals surface area contributed by atoms with E-state index in [0.29, 0.717) is 22.5 Å². The molecule has 0 spiro atoms. The van der Waals surface area contributed by atoms with Gasteiger partial charge in [0.05, 0.1) is 11.8 Å². The molecule has 0 bridgehead atoms. The summed E-state index contributed by atoms with van der Waals surface area (Å²) in [7, 11) is 0. The van der Waals surface area contributed by atoms with Gasteiger partial charge in [0.25, 0.3) is 0 Å². The van der Waals surface area contributed by atoms with Crippen LogP contribution in [0.2, 0.25) is 0 Å². The Morgan fingerprint density at radius 1 is 1.53 bits per heavy atom. The van der Waals surface area contributed by atoms with Crippen molar-refractivity contribution in [2.45, 2.75) is 6.42 Å². The lowest BCUT2D eigenvalue weighted by atomic mass is 10.3. The number of aromatic amines is 1. The lowest BCUT2D eigenvalue weighted by Crippen LogP contribution is -1.92. The maximum atomic E-state index is 10.1. The number of nitrogens with two attached hydrogens (primary N) is 1. The largest absolute Gasteiger partial charge is 0.383 e. The molecule has 0 atom stereocenters. The summed E-state index contributed by atoms with van der Waals surface area (Å²) in [4.78, 5) is 17.8. The number of aldehydes is 1. The SMILES string of the molecule is Nc1ncnc2n[nH]c(C#CCC=O)c12. The van der Waals surface area contributed by atoms with Gasteiger partial charge in [0.15, 0.2) is 5.65 Å². The van der Waals surface area contributed by atoms with Crippen LogP contribution in [0.4, 0.5) is 5.82 Å². The molecule has 0 unspecified atom stereocenters. The Morgan fingerprint density at radius 2 is 2.40 bits per heavy atom. The van der Waals surface area contributed by atoms with E-state index in [2.05, 4.69) is 32.0 Å². The van der Waals surface area contributed by atoms with Crippen LogP contribution in [0, 0.1) is 11.8 Å². The van der Waals surface area contributed by atoms with Crippen molar-refractivity contribution in [3.63, 3.8) is 0 Å². The van der Waals surface area contributed by atoms with E-state index in [1.165, 1.54) is 6.33 Å². The van der Waals surface area contributed by atoms with E-state index in [0.717, 1.165) is 6.29 Å². The Balaban J connectivity index is 2.54. The minimum absolute atomic E-state index is 0.175. The minimum Gasteiger partial charge on any atom is -0.383 e. The van der Waals surface area contributed by atoms with Gasteiger partial charge < -0.3 is 10.5 Å². The zero-order valence-electron chi connectivity index (χ0n) is 7.69. The molecule has 0 amide bonds. The number of nitrogens with one attached hydrogen (secondary N) is 1. The summed E-state index contributed by atoms with van der Waals surface area (Å²) in [6.07, 6.45) is 2.24. The van der Waals surface area contributed by atoms with E-state index >= 15 is 0 Å². The van der Waals surface area contributed by atoms with Crippen LogP contribution < -0.4 is 5.73 Å². The summed E-state index contributed by atoms with van der Waals surface area (Å²) < 4.78 is 0. The van der Waals surface area contributed by atoms with Crippen molar-refractivity contribution in [2.75, 3.05) is 5.73 Å². The number of nitrogens with zero attached hydrogens (tertiary/aromatic N) is 3. The monoisotopic (exact) mass is 201 g/mol. The number of hydrogen-bond donors (Lipinski definition) is 2. The number of rotatable bonds is 1. The molecule has 3 N–H and O–H groups in total. The first-order chi connectivity index (χ1) is 7.33. The maximum Gasteiger partial charge on any atom is 0.187 e. The lowest BCUT2D eigenvalue weighted by Gasteiger charge is -1.91. The molecule has 0 aliphatic carbocycles. The van der Waals surface area contributed by atoms with Gasteiger partial charge in [-0.25, -0.2) is 9.97 Å². The first-order valence-electron chi connectivity index (χ1n) is 4.20. The first-order valence-corrected chi connectivity index (χ1v) is 4.20. The Kier molecular flexibility index (Phi) is 2.29. The molecule has 2 aromatic heterocycles. The van der Waals surface area contributed by atoms with Crippen LogP contribution in [0.25, 0.3) is 11.0 Å². The zero-order valence-corrected chi connectivity index (χ0v) is 7.69. The van der Waals surface area contributed by atoms with Crippen molar-refractivity contribution in [3.8, 4) is 11.8 Å². The fourth-order valence-electron chi connectivity index (χ4n) is 1.15. The van der Waals surface area contributed by atoms with Gasteiger partial charge in [0.1, 0.15) is 24.1 Å². The summed E-state index contributed by atoms with van der Waals surface area (Å²) >= 11 is 0. The van der Waals surface area contributed by atoms with Crippen LogP contribution >= 0.6 is 0 Å². The zero-order chi connectivity index (χ0) is 10.7. The molecule has 0 saturated heterocycles. The molecule has 2 aromatic rings. The number of hydrogen-bond acceptors (Lipinski definition) is 5. The number of fused-ring (bicyclic) bond motifs is 1. The van der Waals surface area contributed by atoms with Crippen molar-refractivity contribution in [2.24, 2.45) is 0 Å². The van der Waals surface area contributed by atoms with Gasteiger partial charge in [-0.1, -0.05) is 5.92 Å². The van der Waals surface area contributed by atoms with Gasteiger partial charge in [0, 0.05) is 0 Å². The Bertz CT molecular complexity index is 563. The minimum atomic E-state index is 0.175. The van der Waals surface area contributed by atoms with Gasteiger partial charge in [-0.3, -0.25) is 5.10 Å². The number of nitrogen functional groups attached to an aromatic ring is 1. The van der Waals surface area contributed by atoms with Crippen LogP contribution in [0.5, 0.6) is 0 Å². The van der Waals surface area contributed by atoms with E-state index in [9.17, 15) is 4.79 Å². The fraction of sp³-hybridized carbons (Fsp3) is 0.111. The quantitative estimate of drug-likeness (QED) is 0.495. The highest BCUT2D eigenvalue weighted by Gasteiger charge is 2.07. The molecular formula is C9H7N5O. The second-order valence-electron chi connectivity index (χ2n) is 2.73. The van der Waals surface area contributed by atoms with Gasteiger partial charge in [-0.05, 0) is 5.92 Å². The van der Waals surface area contributed by atoms with E-state index < -0.39 is 0 Å². The van der Waals surface area contributed by atoms with Crippen LogP contribution in [-0.4, -0.2) is 26.5 Å². The van der Waals surface area contributed by atoms with Crippen LogP contribution in [0.1, 0.15) is 12.1 Å². The summed E-state index contributed by atoms with van der Waals surface area (Å²) in [5.74, 6) is 5.73. The normalized spacial score (nSPS) is 9.60. The third-order valence-electron chi connectivity index (χ3n) is 1.78. The summed E-state index contributed by atoms with van der Waals surface area (Å²) in [6.45, 7) is 0. The molecular weight excluding hydrogens is 194 g/mol. The van der Waals surface area contributed by atoms with Gasteiger partial charge in [0.2, 0.25) is 0 Å². The molecule has 0 fully saturated rings. The number of anilines is 1. The van der Waals surface area contributed by atoms with E-state index in [-0.39, 0.29) is 6.42 Å². The van der Waals surface area contributed by atoms with Gasteiger partial charge >= 0.3 is 0 Å². The number of aromatic nitrogens is 4. The number of H-pyrrole nitrogens is 1. The molecule has 6 nitrogen and oxygen atoms in total. The Morgan fingerprint density at radius 3 is 3.20 bits per heavy atom. The molecule has 74 valence electrons. The highest BCUT2D eigenvalue weighted by molar-refractivity contribution is 5.89. The second-order valence-corrected chi connectivity index (χ2v) is 2.73. The Hall–Kier alpha value is -2.42. The molecule has 2 rings (SSSR count). The van der Waals surface area contributed by atoms with Crippen LogP contribution in [-0.2, 0) is 4.79 Å². The third-order valence-corrected chi connectivity index (χ3v) is 1.78. The molecule has 0 aliphatic rings. The second kappa shape index (κ2) is 3.75. The standard InChI is InChI=1S/C9H7N5O/c10-8-7-6(3-1-2-4-15)13-14-9(7)12-5-11-8/h4-5H,2H2,(H3,10,11,12,13,14). The van der Waals surface area contributed by atoms with Gasteiger partial charge in [-0.15, -0.1) is 0 Å². The molecule has 0 saturated carbocycles. The predicted octanol–water partition coefficient (Wildman–Crippen LogP) is -0.124. The van der Waals surface area contributed by atoms with Crippen molar-refractivity contribution in [3.05, 3.63) is 12.0 Å². The van der Waals surface area contributed by atoms with Crippen molar-refractivity contribution >= 4 is 23.1 Å². The smallest absolute Gasteiger partial charge is 0.187 e. The average molecular weight is 201 g/mol. The molecule has 15 heavy (non-hydrogen) atoms. The van der Waals surface area contributed by atoms with Crippen molar-refractivity contribution < 1.29 is 4.79 Å². The van der Waals surface area contributed by atoms with E-state index in [1.54, 1.807) is 0 Å². The van der Waals surface area contributed by atoms with E-state index in [4.69, 9.17) is 5.73 Å². The number of carbonyl (C=O) groups is 1. The molecule has 0 radical (unpaired) electrons. The molecule has 2 heterocycles. The average Bonchev–Trinajstić information content (AvgIpc) is 2.63. The first kappa shape index (κ1) is 9.15. The molecule has 0 aromatic carbocycles. The summed E-state index contributed by atoms with van der Waals surface area (Å²) in [5, 5.41) is 7.20. The van der Waals surface area contributed by atoms with Crippen molar-refractivity contribution in [1.82, 2.24) is 20.2 Å². The third kappa shape index (κ3) is 1.62.